The van der Waals surface area contributed by atoms with Crippen LogP contribution in [0.3, 0.4) is 0 Å². The second-order valence-corrected chi connectivity index (χ2v) is 8.77. The fourth-order valence-electron chi connectivity index (χ4n) is 3.29. The minimum absolute atomic E-state index is 0.0331. The van der Waals surface area contributed by atoms with Crippen molar-refractivity contribution in [2.45, 2.75) is 43.8 Å². The molecule has 0 fully saturated rings. The van der Waals surface area contributed by atoms with Crippen molar-refractivity contribution in [1.29, 1.82) is 5.26 Å². The second kappa shape index (κ2) is 9.54. The smallest absolute Gasteiger partial charge is 0.263 e. The number of aromatic nitrogens is 2. The number of carbonyl (C=O) groups is 1. The van der Waals surface area contributed by atoms with Crippen LogP contribution < -0.4 is 5.56 Å². The van der Waals surface area contributed by atoms with E-state index in [9.17, 15) is 9.59 Å². The van der Waals surface area contributed by atoms with E-state index in [-0.39, 0.29) is 17.2 Å². The Balaban J connectivity index is 1.91. The number of thiophene rings is 1. The van der Waals surface area contributed by atoms with Gasteiger partial charge in [0.25, 0.3) is 5.56 Å². The maximum absolute atomic E-state index is 13.2. The van der Waals surface area contributed by atoms with Gasteiger partial charge in [-0.05, 0) is 31.2 Å². The molecule has 0 saturated carbocycles. The lowest BCUT2D eigenvalue weighted by Crippen LogP contribution is -2.30. The Kier molecular flexibility index (Phi) is 7.10. The molecule has 0 saturated heterocycles. The van der Waals surface area contributed by atoms with E-state index in [0.717, 1.165) is 35.9 Å². The Morgan fingerprint density at radius 3 is 2.96 bits per heavy atom. The van der Waals surface area contributed by atoms with Crippen molar-refractivity contribution in [3.8, 4) is 6.07 Å². The summed E-state index contributed by atoms with van der Waals surface area (Å²) < 4.78 is 6.81. The van der Waals surface area contributed by atoms with Crippen molar-refractivity contribution in [3.05, 3.63) is 20.8 Å². The summed E-state index contributed by atoms with van der Waals surface area (Å²) in [5, 5.41) is 9.97. The minimum atomic E-state index is -0.0849. The quantitative estimate of drug-likeness (QED) is 0.481. The highest BCUT2D eigenvalue weighted by molar-refractivity contribution is 7.99. The van der Waals surface area contributed by atoms with E-state index in [0.29, 0.717) is 31.3 Å². The van der Waals surface area contributed by atoms with Gasteiger partial charge in [0.2, 0.25) is 5.91 Å². The van der Waals surface area contributed by atoms with Gasteiger partial charge in [0.15, 0.2) is 5.16 Å². The predicted octanol–water partition coefficient (Wildman–Crippen LogP) is 2.45. The van der Waals surface area contributed by atoms with E-state index in [4.69, 9.17) is 15.0 Å². The standard InChI is InChI=1S/C19H24N4O3S2/c1-22(9-5-8-20)15(24)12-27-19-21-17-16(18(25)23(19)10-11-26-2)13-6-3-4-7-14(13)28-17/h3-7,9-12H2,1-2H3. The first-order valence-corrected chi connectivity index (χ1v) is 11.1. The third kappa shape index (κ3) is 4.40. The molecule has 28 heavy (non-hydrogen) atoms. The molecular weight excluding hydrogens is 396 g/mol. The topological polar surface area (TPSA) is 88.2 Å². The number of rotatable bonds is 8. The van der Waals surface area contributed by atoms with E-state index < -0.39 is 0 Å². The maximum Gasteiger partial charge on any atom is 0.263 e. The lowest BCUT2D eigenvalue weighted by molar-refractivity contribution is -0.127. The monoisotopic (exact) mass is 420 g/mol. The summed E-state index contributed by atoms with van der Waals surface area (Å²) in [6.45, 7) is 1.21. The van der Waals surface area contributed by atoms with Gasteiger partial charge in [0.05, 0.1) is 36.8 Å². The largest absolute Gasteiger partial charge is 0.383 e. The molecule has 9 heteroatoms. The Bertz CT molecular complexity index is 961. The summed E-state index contributed by atoms with van der Waals surface area (Å²) in [6.07, 6.45) is 4.51. The summed E-state index contributed by atoms with van der Waals surface area (Å²) in [5.41, 5.74) is 1.13. The van der Waals surface area contributed by atoms with Gasteiger partial charge in [-0.2, -0.15) is 5.26 Å². The number of amides is 1. The van der Waals surface area contributed by atoms with E-state index >= 15 is 0 Å². The van der Waals surface area contributed by atoms with Crippen LogP contribution in [0, 0.1) is 11.3 Å². The predicted molar refractivity (Wildman–Crippen MR) is 111 cm³/mol. The van der Waals surface area contributed by atoms with Crippen molar-refractivity contribution in [1.82, 2.24) is 14.5 Å². The average Bonchev–Trinajstić information content (AvgIpc) is 3.08. The molecule has 2 heterocycles. The molecule has 0 atom stereocenters. The van der Waals surface area contributed by atoms with Crippen LogP contribution in [0.5, 0.6) is 0 Å². The molecule has 1 aliphatic carbocycles. The fraction of sp³-hybridized carbons (Fsp3) is 0.579. The molecule has 0 unspecified atom stereocenters. The van der Waals surface area contributed by atoms with Crippen LogP contribution in [0.15, 0.2) is 9.95 Å². The van der Waals surface area contributed by atoms with Gasteiger partial charge < -0.3 is 9.64 Å². The van der Waals surface area contributed by atoms with Crippen LogP contribution in [0.4, 0.5) is 0 Å². The zero-order valence-electron chi connectivity index (χ0n) is 16.2. The highest BCUT2D eigenvalue weighted by Crippen LogP contribution is 2.34. The van der Waals surface area contributed by atoms with Crippen LogP contribution in [0.2, 0.25) is 0 Å². The van der Waals surface area contributed by atoms with Crippen molar-refractivity contribution in [3.63, 3.8) is 0 Å². The Hall–Kier alpha value is -1.89. The normalized spacial score (nSPS) is 13.3. The van der Waals surface area contributed by atoms with Gasteiger partial charge in [-0.25, -0.2) is 4.98 Å². The van der Waals surface area contributed by atoms with Crippen LogP contribution in [-0.2, 0) is 28.9 Å². The van der Waals surface area contributed by atoms with Crippen molar-refractivity contribution in [2.24, 2.45) is 0 Å². The molecule has 0 aliphatic heterocycles. The van der Waals surface area contributed by atoms with Crippen molar-refractivity contribution < 1.29 is 9.53 Å². The number of nitriles is 1. The van der Waals surface area contributed by atoms with Gasteiger partial charge in [-0.1, -0.05) is 11.8 Å². The van der Waals surface area contributed by atoms with E-state index in [1.54, 1.807) is 30.1 Å². The summed E-state index contributed by atoms with van der Waals surface area (Å²) in [6, 6.07) is 2.04. The lowest BCUT2D eigenvalue weighted by atomic mass is 9.97. The van der Waals surface area contributed by atoms with Crippen LogP contribution in [-0.4, -0.2) is 53.4 Å². The molecule has 0 aromatic carbocycles. The molecule has 1 amide bonds. The van der Waals surface area contributed by atoms with Gasteiger partial charge in [-0.15, -0.1) is 11.3 Å². The first-order valence-electron chi connectivity index (χ1n) is 9.34. The number of aryl methyl sites for hydroxylation is 2. The van der Waals surface area contributed by atoms with E-state index in [2.05, 4.69) is 0 Å². The molecule has 150 valence electrons. The molecule has 0 radical (unpaired) electrons. The number of hydrogen-bond donors (Lipinski definition) is 0. The highest BCUT2D eigenvalue weighted by atomic mass is 32.2. The number of hydrogen-bond acceptors (Lipinski definition) is 7. The van der Waals surface area contributed by atoms with Gasteiger partial charge in [0.1, 0.15) is 4.83 Å². The maximum atomic E-state index is 13.2. The van der Waals surface area contributed by atoms with E-state index in [1.807, 2.05) is 6.07 Å². The van der Waals surface area contributed by atoms with Crippen LogP contribution in [0.25, 0.3) is 10.2 Å². The number of carbonyl (C=O) groups excluding carboxylic acids is 1. The molecule has 7 nitrogen and oxygen atoms in total. The first kappa shape index (κ1) is 20.8. The number of fused-ring (bicyclic) bond motifs is 3. The Labute approximate surface area is 172 Å². The summed E-state index contributed by atoms with van der Waals surface area (Å²) >= 11 is 2.88. The Morgan fingerprint density at radius 1 is 1.43 bits per heavy atom. The fourth-order valence-corrected chi connectivity index (χ4v) is 5.56. The Morgan fingerprint density at radius 2 is 2.21 bits per heavy atom. The van der Waals surface area contributed by atoms with Gasteiger partial charge in [-0.3, -0.25) is 14.2 Å². The van der Waals surface area contributed by atoms with Crippen LogP contribution in [0.1, 0.15) is 29.7 Å². The third-order valence-corrected chi connectivity index (χ3v) is 7.02. The molecule has 2 aromatic heterocycles. The minimum Gasteiger partial charge on any atom is -0.383 e. The first-order chi connectivity index (χ1) is 13.6. The molecule has 0 spiro atoms. The van der Waals surface area contributed by atoms with E-state index in [1.165, 1.54) is 27.1 Å². The third-order valence-electron chi connectivity index (χ3n) is 4.87. The summed E-state index contributed by atoms with van der Waals surface area (Å²) in [5.74, 6) is 0.0937. The van der Waals surface area contributed by atoms with Crippen molar-refractivity contribution in [2.75, 3.05) is 33.1 Å². The summed E-state index contributed by atoms with van der Waals surface area (Å²) in [7, 11) is 3.28. The molecule has 0 bridgehead atoms. The zero-order valence-corrected chi connectivity index (χ0v) is 17.8. The zero-order chi connectivity index (χ0) is 20.1. The molecule has 1 aliphatic rings. The van der Waals surface area contributed by atoms with Crippen molar-refractivity contribution >= 4 is 39.2 Å². The molecular formula is C19H24N4O3S2. The number of thioether (sulfide) groups is 1. The summed E-state index contributed by atoms with van der Waals surface area (Å²) in [4.78, 5) is 33.9. The molecule has 0 N–H and O–H groups in total. The molecule has 3 rings (SSSR count). The van der Waals surface area contributed by atoms with Gasteiger partial charge in [0, 0.05) is 25.6 Å². The van der Waals surface area contributed by atoms with Gasteiger partial charge >= 0.3 is 0 Å². The SMILES string of the molecule is COCCn1c(SCC(=O)N(C)CCC#N)nc2sc3c(c2c1=O)CCCC3. The molecule has 2 aromatic rings. The lowest BCUT2D eigenvalue weighted by Gasteiger charge is -2.16. The number of ether oxygens (including phenoxy) is 1. The number of nitrogens with zero attached hydrogens (tertiary/aromatic N) is 4. The van der Waals surface area contributed by atoms with Crippen LogP contribution >= 0.6 is 23.1 Å². The highest BCUT2D eigenvalue weighted by Gasteiger charge is 2.22. The average molecular weight is 421 g/mol. The number of methoxy groups -OCH3 is 1. The second-order valence-electron chi connectivity index (χ2n) is 6.75.